The van der Waals surface area contributed by atoms with Crippen LogP contribution in [0.5, 0.6) is 0 Å². The number of ether oxygens (including phenoxy) is 1. The summed E-state index contributed by atoms with van der Waals surface area (Å²) in [6.07, 6.45) is 6.06. The van der Waals surface area contributed by atoms with Crippen molar-refractivity contribution in [1.29, 1.82) is 0 Å². The first kappa shape index (κ1) is 12.2. The molecule has 0 saturated carbocycles. The fourth-order valence-electron chi connectivity index (χ4n) is 2.64. The number of rotatable bonds is 2. The van der Waals surface area contributed by atoms with Gasteiger partial charge in [0.15, 0.2) is 0 Å². The lowest BCUT2D eigenvalue weighted by atomic mass is 9.99. The lowest BCUT2D eigenvalue weighted by Crippen LogP contribution is -2.29. The van der Waals surface area contributed by atoms with Crippen LogP contribution in [0.15, 0.2) is 24.5 Å². The van der Waals surface area contributed by atoms with Crippen molar-refractivity contribution in [3.8, 4) is 0 Å². The molecule has 3 rings (SSSR count). The average molecular weight is 259 g/mol. The van der Waals surface area contributed by atoms with Crippen LogP contribution >= 0.6 is 0 Å². The first-order valence-electron chi connectivity index (χ1n) is 6.55. The van der Waals surface area contributed by atoms with Crippen LogP contribution < -0.4 is 5.32 Å². The highest BCUT2D eigenvalue weighted by atomic mass is 16.5. The van der Waals surface area contributed by atoms with E-state index in [2.05, 4.69) is 14.7 Å². The summed E-state index contributed by atoms with van der Waals surface area (Å²) in [4.78, 5) is 16.0. The van der Waals surface area contributed by atoms with Crippen LogP contribution in [-0.4, -0.2) is 35.6 Å². The minimum atomic E-state index is -0.315. The Kier molecular flexibility index (Phi) is 3.21. The minimum Gasteiger partial charge on any atom is -0.465 e. The topological polar surface area (TPSA) is 55.6 Å². The van der Waals surface area contributed by atoms with Crippen molar-refractivity contribution in [3.63, 3.8) is 0 Å². The second-order valence-electron chi connectivity index (χ2n) is 4.86. The van der Waals surface area contributed by atoms with Gasteiger partial charge in [0.05, 0.1) is 24.4 Å². The van der Waals surface area contributed by atoms with Gasteiger partial charge < -0.3 is 14.5 Å². The van der Waals surface area contributed by atoms with Crippen LogP contribution in [0.4, 0.5) is 0 Å². The summed E-state index contributed by atoms with van der Waals surface area (Å²) in [6.45, 7) is 2.06. The van der Waals surface area contributed by atoms with Crippen LogP contribution in [0.1, 0.15) is 34.9 Å². The van der Waals surface area contributed by atoms with Crippen LogP contribution in [-0.2, 0) is 4.74 Å². The van der Waals surface area contributed by atoms with Crippen LogP contribution in [0, 0.1) is 0 Å². The monoisotopic (exact) mass is 259 g/mol. The maximum atomic E-state index is 11.5. The van der Waals surface area contributed by atoms with E-state index in [9.17, 15) is 4.79 Å². The van der Waals surface area contributed by atoms with E-state index in [1.807, 2.05) is 18.5 Å². The van der Waals surface area contributed by atoms with Crippen molar-refractivity contribution in [2.24, 2.45) is 0 Å². The van der Waals surface area contributed by atoms with Gasteiger partial charge in [0.1, 0.15) is 5.82 Å². The summed E-state index contributed by atoms with van der Waals surface area (Å²) in [5, 5.41) is 3.40. The summed E-state index contributed by atoms with van der Waals surface area (Å²) < 4.78 is 6.79. The van der Waals surface area contributed by atoms with Gasteiger partial charge in [-0.25, -0.2) is 9.78 Å². The third-order valence-corrected chi connectivity index (χ3v) is 3.64. The number of hydrogen-bond donors (Lipinski definition) is 1. The maximum Gasteiger partial charge on any atom is 0.337 e. The summed E-state index contributed by atoms with van der Waals surface area (Å²) in [7, 11) is 1.39. The van der Waals surface area contributed by atoms with E-state index in [1.54, 1.807) is 6.07 Å². The molecule has 1 fully saturated rings. The number of methoxy groups -OCH3 is 1. The lowest BCUT2D eigenvalue weighted by molar-refractivity contribution is 0.0600. The zero-order valence-electron chi connectivity index (χ0n) is 10.9. The number of carbonyl (C=O) groups excluding carboxylic acids is 1. The minimum absolute atomic E-state index is 0.315. The first-order chi connectivity index (χ1) is 9.29. The Morgan fingerprint density at radius 1 is 1.58 bits per heavy atom. The number of carbonyl (C=O) groups is 1. The molecule has 1 N–H and O–H groups in total. The summed E-state index contributed by atoms with van der Waals surface area (Å²) >= 11 is 0. The van der Waals surface area contributed by atoms with Gasteiger partial charge in [0.2, 0.25) is 0 Å². The third kappa shape index (κ3) is 2.21. The molecule has 0 radical (unpaired) electrons. The van der Waals surface area contributed by atoms with E-state index in [4.69, 9.17) is 4.74 Å². The van der Waals surface area contributed by atoms with Gasteiger partial charge in [-0.05, 0) is 31.5 Å². The maximum absolute atomic E-state index is 11.5. The molecule has 5 nitrogen and oxygen atoms in total. The number of imidazole rings is 1. The lowest BCUT2D eigenvalue weighted by Gasteiger charge is -2.21. The quantitative estimate of drug-likeness (QED) is 0.832. The molecular weight excluding hydrogens is 242 g/mol. The fourth-order valence-corrected chi connectivity index (χ4v) is 2.64. The van der Waals surface area contributed by atoms with E-state index in [1.165, 1.54) is 13.5 Å². The Hall–Kier alpha value is -1.88. The molecule has 1 atom stereocenters. The molecule has 1 saturated heterocycles. The zero-order chi connectivity index (χ0) is 13.2. The number of pyridine rings is 1. The number of hydrogen-bond acceptors (Lipinski definition) is 4. The van der Waals surface area contributed by atoms with Gasteiger partial charge >= 0.3 is 5.97 Å². The smallest absolute Gasteiger partial charge is 0.337 e. The SMILES string of the molecule is COC(=O)c1ccn2c(C3CCCNC3)ncc2c1. The first-order valence-corrected chi connectivity index (χ1v) is 6.55. The molecule has 2 aromatic rings. The van der Waals surface area contributed by atoms with E-state index < -0.39 is 0 Å². The van der Waals surface area contributed by atoms with Crippen molar-refractivity contribution >= 4 is 11.5 Å². The number of esters is 1. The molecule has 1 unspecified atom stereocenters. The van der Waals surface area contributed by atoms with Crippen molar-refractivity contribution in [3.05, 3.63) is 35.9 Å². The van der Waals surface area contributed by atoms with Gasteiger partial charge in [0, 0.05) is 18.7 Å². The standard InChI is InChI=1S/C14H17N3O2/c1-19-14(18)10-4-6-17-12(7-10)9-16-13(17)11-3-2-5-15-8-11/h4,6-7,9,11,15H,2-3,5,8H2,1H3. The molecule has 0 aliphatic carbocycles. The number of nitrogens with one attached hydrogen (secondary N) is 1. The highest BCUT2D eigenvalue weighted by molar-refractivity contribution is 5.90. The van der Waals surface area contributed by atoms with E-state index in [0.717, 1.165) is 30.9 Å². The van der Waals surface area contributed by atoms with Gasteiger partial charge in [0.25, 0.3) is 0 Å². The molecule has 0 spiro atoms. The van der Waals surface area contributed by atoms with Gasteiger partial charge in [-0.1, -0.05) is 0 Å². The Morgan fingerprint density at radius 3 is 3.21 bits per heavy atom. The van der Waals surface area contributed by atoms with E-state index in [-0.39, 0.29) is 5.97 Å². The van der Waals surface area contributed by atoms with E-state index in [0.29, 0.717) is 11.5 Å². The van der Waals surface area contributed by atoms with Crippen molar-refractivity contribution < 1.29 is 9.53 Å². The van der Waals surface area contributed by atoms with Crippen molar-refractivity contribution in [1.82, 2.24) is 14.7 Å². The second kappa shape index (κ2) is 5.01. The number of aromatic nitrogens is 2. The highest BCUT2D eigenvalue weighted by Crippen LogP contribution is 2.23. The molecule has 1 aliphatic rings. The Morgan fingerprint density at radius 2 is 2.47 bits per heavy atom. The van der Waals surface area contributed by atoms with Gasteiger partial charge in [-0.2, -0.15) is 0 Å². The molecule has 0 amide bonds. The zero-order valence-corrected chi connectivity index (χ0v) is 10.9. The predicted octanol–water partition coefficient (Wildman–Crippen LogP) is 1.59. The number of fused-ring (bicyclic) bond motifs is 1. The third-order valence-electron chi connectivity index (χ3n) is 3.64. The summed E-state index contributed by atoms with van der Waals surface area (Å²) in [6, 6.07) is 3.60. The Labute approximate surface area is 111 Å². The number of piperidine rings is 1. The number of nitrogens with zero attached hydrogens (tertiary/aromatic N) is 2. The Balaban J connectivity index is 1.97. The van der Waals surface area contributed by atoms with Crippen LogP contribution in [0.2, 0.25) is 0 Å². The van der Waals surface area contributed by atoms with E-state index >= 15 is 0 Å². The Bertz CT molecular complexity index is 600. The van der Waals surface area contributed by atoms with Crippen molar-refractivity contribution in [2.45, 2.75) is 18.8 Å². The van der Waals surface area contributed by atoms with Crippen LogP contribution in [0.25, 0.3) is 5.52 Å². The average Bonchev–Trinajstić information content (AvgIpc) is 2.90. The molecule has 2 aromatic heterocycles. The van der Waals surface area contributed by atoms with Crippen molar-refractivity contribution in [2.75, 3.05) is 20.2 Å². The normalized spacial score (nSPS) is 19.5. The molecule has 1 aliphatic heterocycles. The van der Waals surface area contributed by atoms with Gasteiger partial charge in [-0.3, -0.25) is 0 Å². The predicted molar refractivity (Wildman–Crippen MR) is 71.4 cm³/mol. The molecule has 0 aromatic carbocycles. The summed E-state index contributed by atoms with van der Waals surface area (Å²) in [5.74, 6) is 1.20. The van der Waals surface area contributed by atoms with Gasteiger partial charge in [-0.15, -0.1) is 0 Å². The molecule has 0 bridgehead atoms. The summed E-state index contributed by atoms with van der Waals surface area (Å²) in [5.41, 5.74) is 1.49. The fraction of sp³-hybridized carbons (Fsp3) is 0.429. The molecular formula is C14H17N3O2. The largest absolute Gasteiger partial charge is 0.465 e. The second-order valence-corrected chi connectivity index (χ2v) is 4.86. The van der Waals surface area contributed by atoms with Crippen LogP contribution in [0.3, 0.4) is 0 Å². The molecule has 3 heterocycles. The molecule has 19 heavy (non-hydrogen) atoms. The molecule has 100 valence electrons. The molecule has 5 heteroatoms. The highest BCUT2D eigenvalue weighted by Gasteiger charge is 2.20.